The van der Waals surface area contributed by atoms with Gasteiger partial charge in [0.25, 0.3) is 0 Å². The topological polar surface area (TPSA) is 26.0 Å². The van der Waals surface area contributed by atoms with Gasteiger partial charge in [0.05, 0.1) is 0 Å². The first-order valence-corrected chi connectivity index (χ1v) is 5.08. The molecule has 1 rings (SSSR count). The first-order valence-electron chi connectivity index (χ1n) is 4.28. The molecule has 0 fully saturated rings. The molecule has 13 heavy (non-hydrogen) atoms. The lowest BCUT2D eigenvalue weighted by atomic mass is 10.0. The van der Waals surface area contributed by atoms with Gasteiger partial charge < -0.3 is 5.73 Å². The molecule has 0 unspecified atom stereocenters. The fourth-order valence-corrected chi connectivity index (χ4v) is 2.06. The molecule has 0 aliphatic heterocycles. The van der Waals surface area contributed by atoms with Crippen molar-refractivity contribution in [2.75, 3.05) is 6.54 Å². The molecule has 1 aromatic rings. The van der Waals surface area contributed by atoms with Crippen LogP contribution in [0.4, 0.5) is 0 Å². The van der Waals surface area contributed by atoms with Crippen molar-refractivity contribution in [3.05, 3.63) is 39.4 Å². The van der Waals surface area contributed by atoms with Gasteiger partial charge in [-0.3, -0.25) is 0 Å². The second-order valence-corrected chi connectivity index (χ2v) is 4.01. The fraction of sp³-hybridized carbons (Fsp3) is 0.273. The minimum atomic E-state index is 0.592. The van der Waals surface area contributed by atoms with Gasteiger partial charge in [0.1, 0.15) is 0 Å². The van der Waals surface area contributed by atoms with Crippen molar-refractivity contribution in [3.8, 4) is 0 Å². The molecule has 0 spiro atoms. The SMILES string of the molecule is Cc1cc(Br)cc(C)c1C=CCN. The van der Waals surface area contributed by atoms with Crippen molar-refractivity contribution in [1.29, 1.82) is 0 Å². The lowest BCUT2D eigenvalue weighted by molar-refractivity contribution is 1.26. The monoisotopic (exact) mass is 239 g/mol. The van der Waals surface area contributed by atoms with Crippen molar-refractivity contribution in [1.82, 2.24) is 0 Å². The molecule has 1 aromatic carbocycles. The fourth-order valence-electron chi connectivity index (χ4n) is 1.37. The van der Waals surface area contributed by atoms with Crippen LogP contribution in [0.25, 0.3) is 6.08 Å². The van der Waals surface area contributed by atoms with E-state index >= 15 is 0 Å². The Hall–Kier alpha value is -0.600. The molecule has 2 heteroatoms. The van der Waals surface area contributed by atoms with Crippen LogP contribution in [-0.4, -0.2) is 6.54 Å². The summed E-state index contributed by atoms with van der Waals surface area (Å²) in [6, 6.07) is 4.23. The molecule has 1 nitrogen and oxygen atoms in total. The zero-order chi connectivity index (χ0) is 9.84. The average Bonchev–Trinajstić information content (AvgIpc) is 2.02. The maximum Gasteiger partial charge on any atom is 0.0180 e. The Bertz CT molecular complexity index is 306. The quantitative estimate of drug-likeness (QED) is 0.844. The average molecular weight is 240 g/mol. The molecule has 0 radical (unpaired) electrons. The van der Waals surface area contributed by atoms with E-state index in [1.807, 2.05) is 6.08 Å². The van der Waals surface area contributed by atoms with Crippen LogP contribution in [0.5, 0.6) is 0 Å². The Morgan fingerprint density at radius 2 is 1.85 bits per heavy atom. The van der Waals surface area contributed by atoms with Crippen LogP contribution < -0.4 is 5.73 Å². The zero-order valence-electron chi connectivity index (χ0n) is 7.97. The Labute approximate surface area is 87.8 Å². The van der Waals surface area contributed by atoms with Gasteiger partial charge in [-0.05, 0) is 42.7 Å². The first-order chi connectivity index (χ1) is 6.15. The van der Waals surface area contributed by atoms with E-state index in [-0.39, 0.29) is 0 Å². The molecule has 0 atom stereocenters. The van der Waals surface area contributed by atoms with Gasteiger partial charge >= 0.3 is 0 Å². The third-order valence-electron chi connectivity index (χ3n) is 1.98. The third-order valence-corrected chi connectivity index (χ3v) is 2.44. The number of hydrogen-bond donors (Lipinski definition) is 1. The first kappa shape index (κ1) is 10.5. The van der Waals surface area contributed by atoms with Crippen LogP contribution in [0.1, 0.15) is 16.7 Å². The molecule has 0 aliphatic carbocycles. The van der Waals surface area contributed by atoms with Gasteiger partial charge in [0.2, 0.25) is 0 Å². The smallest absolute Gasteiger partial charge is 0.0180 e. The van der Waals surface area contributed by atoms with Crippen LogP contribution in [0, 0.1) is 13.8 Å². The van der Waals surface area contributed by atoms with Crippen molar-refractivity contribution >= 4 is 22.0 Å². The summed E-state index contributed by atoms with van der Waals surface area (Å²) in [5, 5.41) is 0. The van der Waals surface area contributed by atoms with E-state index < -0.39 is 0 Å². The largest absolute Gasteiger partial charge is 0.327 e. The van der Waals surface area contributed by atoms with E-state index in [0.29, 0.717) is 6.54 Å². The maximum atomic E-state index is 5.41. The minimum Gasteiger partial charge on any atom is -0.327 e. The maximum absolute atomic E-state index is 5.41. The number of aryl methyl sites for hydroxylation is 2. The highest BCUT2D eigenvalue weighted by Crippen LogP contribution is 2.21. The predicted molar refractivity (Wildman–Crippen MR) is 61.7 cm³/mol. The minimum absolute atomic E-state index is 0.592. The van der Waals surface area contributed by atoms with Crippen molar-refractivity contribution in [2.45, 2.75) is 13.8 Å². The molecule has 0 aromatic heterocycles. The van der Waals surface area contributed by atoms with E-state index in [9.17, 15) is 0 Å². The summed E-state index contributed by atoms with van der Waals surface area (Å²) in [5.41, 5.74) is 9.23. The van der Waals surface area contributed by atoms with E-state index in [1.165, 1.54) is 16.7 Å². The van der Waals surface area contributed by atoms with Gasteiger partial charge in [-0.15, -0.1) is 0 Å². The molecule has 0 amide bonds. The second-order valence-electron chi connectivity index (χ2n) is 3.09. The Balaban J connectivity index is 3.13. The van der Waals surface area contributed by atoms with Crippen LogP contribution in [-0.2, 0) is 0 Å². The predicted octanol–water partition coefficient (Wildman–Crippen LogP) is 3.04. The van der Waals surface area contributed by atoms with Crippen LogP contribution in [0.2, 0.25) is 0 Å². The summed E-state index contributed by atoms with van der Waals surface area (Å²) in [6.07, 6.45) is 4.06. The standard InChI is InChI=1S/C11H14BrN/c1-8-6-10(12)7-9(2)11(8)4-3-5-13/h3-4,6-7H,5,13H2,1-2H3. The third kappa shape index (κ3) is 2.68. The summed E-state index contributed by atoms with van der Waals surface area (Å²) in [6.45, 7) is 4.80. The molecule has 0 aliphatic rings. The van der Waals surface area contributed by atoms with E-state index in [4.69, 9.17) is 5.73 Å². The number of hydrogen-bond acceptors (Lipinski definition) is 1. The molecular formula is C11H14BrN. The summed E-state index contributed by atoms with van der Waals surface area (Å²) >= 11 is 3.47. The second kappa shape index (κ2) is 4.58. The van der Waals surface area contributed by atoms with Gasteiger partial charge in [-0.1, -0.05) is 28.1 Å². The molecule has 0 saturated heterocycles. The van der Waals surface area contributed by atoms with E-state index in [1.54, 1.807) is 0 Å². The summed E-state index contributed by atoms with van der Waals surface area (Å²) in [5.74, 6) is 0. The van der Waals surface area contributed by atoms with Gasteiger partial charge in [-0.2, -0.15) is 0 Å². The Kier molecular flexibility index (Phi) is 3.70. The normalized spacial score (nSPS) is 11.1. The lowest BCUT2D eigenvalue weighted by Crippen LogP contribution is -1.93. The molecule has 70 valence electrons. The van der Waals surface area contributed by atoms with Crippen LogP contribution in [0.3, 0.4) is 0 Å². The molecular weight excluding hydrogens is 226 g/mol. The highest BCUT2D eigenvalue weighted by molar-refractivity contribution is 9.10. The number of rotatable bonds is 2. The highest BCUT2D eigenvalue weighted by Gasteiger charge is 1.99. The van der Waals surface area contributed by atoms with Crippen LogP contribution in [0.15, 0.2) is 22.7 Å². The van der Waals surface area contributed by atoms with Gasteiger partial charge in [-0.25, -0.2) is 0 Å². The summed E-state index contributed by atoms with van der Waals surface area (Å²) < 4.78 is 1.13. The Morgan fingerprint density at radius 3 is 2.31 bits per heavy atom. The highest BCUT2D eigenvalue weighted by atomic mass is 79.9. The molecule has 0 bridgehead atoms. The molecule has 2 N–H and O–H groups in total. The number of halogens is 1. The Morgan fingerprint density at radius 1 is 1.31 bits per heavy atom. The van der Waals surface area contributed by atoms with Crippen molar-refractivity contribution in [2.24, 2.45) is 5.73 Å². The number of benzene rings is 1. The lowest BCUT2D eigenvalue weighted by Gasteiger charge is -2.05. The summed E-state index contributed by atoms with van der Waals surface area (Å²) in [4.78, 5) is 0. The molecule has 0 saturated carbocycles. The van der Waals surface area contributed by atoms with Crippen molar-refractivity contribution in [3.63, 3.8) is 0 Å². The van der Waals surface area contributed by atoms with Gasteiger partial charge in [0.15, 0.2) is 0 Å². The summed E-state index contributed by atoms with van der Waals surface area (Å²) in [7, 11) is 0. The van der Waals surface area contributed by atoms with Crippen molar-refractivity contribution < 1.29 is 0 Å². The van der Waals surface area contributed by atoms with Gasteiger partial charge in [0, 0.05) is 11.0 Å². The van der Waals surface area contributed by atoms with E-state index in [2.05, 4.69) is 48.0 Å². The number of nitrogens with two attached hydrogens (primary N) is 1. The molecule has 0 heterocycles. The zero-order valence-corrected chi connectivity index (χ0v) is 9.56. The van der Waals surface area contributed by atoms with E-state index in [0.717, 1.165) is 4.47 Å². The van der Waals surface area contributed by atoms with Crippen LogP contribution >= 0.6 is 15.9 Å².